The highest BCUT2D eigenvalue weighted by molar-refractivity contribution is 5.14. The van der Waals surface area contributed by atoms with Crippen molar-refractivity contribution in [2.45, 2.75) is 111 Å². The molecule has 4 fully saturated rings. The van der Waals surface area contributed by atoms with Gasteiger partial charge < -0.3 is 15.3 Å². The van der Waals surface area contributed by atoms with E-state index in [1.165, 1.54) is 44.9 Å². The molecule has 0 heterocycles. The van der Waals surface area contributed by atoms with E-state index >= 15 is 0 Å². The van der Waals surface area contributed by atoms with E-state index in [-0.39, 0.29) is 6.10 Å². The summed E-state index contributed by atoms with van der Waals surface area (Å²) < 4.78 is 0. The Morgan fingerprint density at radius 1 is 0.786 bits per heavy atom. The molecule has 0 bridgehead atoms. The molecule has 0 aromatic heterocycles. The van der Waals surface area contributed by atoms with Crippen LogP contribution in [0.4, 0.5) is 0 Å². The van der Waals surface area contributed by atoms with Crippen LogP contribution in [0.1, 0.15) is 98.3 Å². The van der Waals surface area contributed by atoms with Crippen molar-refractivity contribution in [3.8, 4) is 0 Å². The van der Waals surface area contributed by atoms with Gasteiger partial charge in [-0.25, -0.2) is 0 Å². The molecule has 4 aliphatic rings. The van der Waals surface area contributed by atoms with Crippen LogP contribution in [0, 0.1) is 45.8 Å². The first kappa shape index (κ1) is 21.1. The Morgan fingerprint density at radius 3 is 2.14 bits per heavy atom. The lowest BCUT2D eigenvalue weighted by Crippen LogP contribution is -2.59. The summed E-state index contributed by atoms with van der Waals surface area (Å²) in [7, 11) is 0. The Kier molecular flexibility index (Phi) is 5.46. The third-order valence-corrected chi connectivity index (χ3v) is 10.9. The van der Waals surface area contributed by atoms with Gasteiger partial charge in [0.2, 0.25) is 0 Å². The molecule has 0 aliphatic heterocycles. The minimum absolute atomic E-state index is 0.0603. The first-order chi connectivity index (χ1) is 13.1. The molecule has 3 nitrogen and oxygen atoms in total. The highest BCUT2D eigenvalue weighted by Crippen LogP contribution is 2.73. The number of hydrogen-bond acceptors (Lipinski definition) is 3. The van der Waals surface area contributed by atoms with Crippen LogP contribution in [0.3, 0.4) is 0 Å². The largest absolute Gasteiger partial charge is 0.393 e. The summed E-state index contributed by atoms with van der Waals surface area (Å²) in [4.78, 5) is 0. The van der Waals surface area contributed by atoms with Crippen molar-refractivity contribution in [3.05, 3.63) is 0 Å². The van der Waals surface area contributed by atoms with Crippen LogP contribution in [-0.2, 0) is 0 Å². The van der Waals surface area contributed by atoms with E-state index in [1.807, 2.05) is 0 Å². The zero-order valence-corrected chi connectivity index (χ0v) is 18.7. The van der Waals surface area contributed by atoms with Crippen molar-refractivity contribution in [1.82, 2.24) is 0 Å². The quantitative estimate of drug-likeness (QED) is 0.582. The molecule has 0 amide bonds. The number of rotatable bonds is 4. The van der Waals surface area contributed by atoms with Crippen LogP contribution in [0.25, 0.3) is 0 Å². The first-order valence-corrected chi connectivity index (χ1v) is 12.2. The van der Waals surface area contributed by atoms with E-state index in [9.17, 15) is 15.3 Å². The predicted octanol–water partition coefficient (Wildman–Crippen LogP) is 5.12. The Morgan fingerprint density at radius 2 is 1.43 bits per heavy atom. The molecule has 28 heavy (non-hydrogen) atoms. The SMILES string of the molecule is C[C@H](CCC(O)O)C1CCC2[C@]3(C)CC[C@@H]4C[C@H](O)CC[C@]4(C)C3CC[C@]12C. The van der Waals surface area contributed by atoms with Crippen LogP contribution >= 0.6 is 0 Å². The number of aliphatic hydroxyl groups is 3. The zero-order valence-electron chi connectivity index (χ0n) is 18.7. The lowest BCUT2D eigenvalue weighted by atomic mass is 9.39. The second-order valence-electron chi connectivity index (χ2n) is 12.0. The fourth-order valence-electron chi connectivity index (χ4n) is 9.50. The Labute approximate surface area is 172 Å². The standard InChI is InChI=1S/C25H44O3/c1-16(5-8-22(27)28)19-6-7-20-24(19,3)14-11-21-23(2)13-10-18(26)15-17(23)9-12-25(20,21)4/h16-22,26-28H,5-15H2,1-4H3/t16-,17-,18-,19?,20?,21?,23+,24-,25+/m1/s1. The van der Waals surface area contributed by atoms with E-state index < -0.39 is 6.29 Å². The summed E-state index contributed by atoms with van der Waals surface area (Å²) in [6, 6.07) is 0. The average Bonchev–Trinajstić information content (AvgIpc) is 2.99. The van der Waals surface area contributed by atoms with Crippen molar-refractivity contribution < 1.29 is 15.3 Å². The maximum absolute atomic E-state index is 10.3. The smallest absolute Gasteiger partial charge is 0.151 e. The van der Waals surface area contributed by atoms with Gasteiger partial charge in [-0.2, -0.15) is 0 Å². The van der Waals surface area contributed by atoms with Gasteiger partial charge in [0, 0.05) is 0 Å². The lowest BCUT2D eigenvalue weighted by Gasteiger charge is -2.66. The molecular formula is C25H44O3. The molecule has 9 atom stereocenters. The highest BCUT2D eigenvalue weighted by atomic mass is 16.5. The van der Waals surface area contributed by atoms with Crippen molar-refractivity contribution in [2.24, 2.45) is 45.8 Å². The van der Waals surface area contributed by atoms with Crippen molar-refractivity contribution in [2.75, 3.05) is 0 Å². The fourth-order valence-corrected chi connectivity index (χ4v) is 9.50. The van der Waals surface area contributed by atoms with Crippen molar-refractivity contribution in [3.63, 3.8) is 0 Å². The van der Waals surface area contributed by atoms with Gasteiger partial charge in [-0.1, -0.05) is 27.7 Å². The van der Waals surface area contributed by atoms with Gasteiger partial charge in [0.25, 0.3) is 0 Å². The molecule has 0 radical (unpaired) electrons. The van der Waals surface area contributed by atoms with Gasteiger partial charge in [-0.05, 0) is 116 Å². The summed E-state index contributed by atoms with van der Waals surface area (Å²) in [6.45, 7) is 10.2. The maximum atomic E-state index is 10.3. The summed E-state index contributed by atoms with van der Waals surface area (Å²) in [5, 5.41) is 28.9. The molecule has 0 spiro atoms. The number of fused-ring (bicyclic) bond motifs is 5. The highest BCUT2D eigenvalue weighted by Gasteiger charge is 2.65. The van der Waals surface area contributed by atoms with E-state index in [1.54, 1.807) is 0 Å². The Balaban J connectivity index is 1.56. The molecule has 3 N–H and O–H groups in total. The first-order valence-electron chi connectivity index (χ1n) is 12.2. The monoisotopic (exact) mass is 392 g/mol. The van der Waals surface area contributed by atoms with Gasteiger partial charge in [0.1, 0.15) is 0 Å². The van der Waals surface area contributed by atoms with Crippen molar-refractivity contribution in [1.29, 1.82) is 0 Å². The van der Waals surface area contributed by atoms with E-state index in [0.717, 1.165) is 42.9 Å². The molecule has 3 heteroatoms. The average molecular weight is 393 g/mol. The third-order valence-electron chi connectivity index (χ3n) is 10.9. The van der Waals surface area contributed by atoms with Crippen LogP contribution in [-0.4, -0.2) is 27.7 Å². The van der Waals surface area contributed by atoms with Crippen molar-refractivity contribution >= 4 is 0 Å². The van der Waals surface area contributed by atoms with E-state index in [4.69, 9.17) is 0 Å². The molecule has 4 rings (SSSR count). The summed E-state index contributed by atoms with van der Waals surface area (Å²) in [5.74, 6) is 3.66. The Bertz CT molecular complexity index is 576. The van der Waals surface area contributed by atoms with Gasteiger partial charge >= 0.3 is 0 Å². The normalized spacial score (nSPS) is 52.1. The van der Waals surface area contributed by atoms with E-state index in [2.05, 4.69) is 27.7 Å². The minimum Gasteiger partial charge on any atom is -0.393 e. The fraction of sp³-hybridized carbons (Fsp3) is 1.00. The molecule has 3 unspecified atom stereocenters. The second-order valence-corrected chi connectivity index (χ2v) is 12.0. The molecule has 0 saturated heterocycles. The van der Waals surface area contributed by atoms with Gasteiger partial charge in [-0.3, -0.25) is 0 Å². The molecular weight excluding hydrogens is 348 g/mol. The molecule has 0 aromatic carbocycles. The number of aliphatic hydroxyl groups excluding tert-OH is 2. The lowest BCUT2D eigenvalue weighted by molar-refractivity contribution is -0.176. The minimum atomic E-state index is -1.16. The third kappa shape index (κ3) is 3.10. The molecule has 162 valence electrons. The van der Waals surface area contributed by atoms with Gasteiger partial charge in [0.05, 0.1) is 6.10 Å². The summed E-state index contributed by atoms with van der Waals surface area (Å²) in [5.41, 5.74) is 1.30. The maximum Gasteiger partial charge on any atom is 0.151 e. The van der Waals surface area contributed by atoms with E-state index in [0.29, 0.717) is 28.6 Å². The summed E-state index contributed by atoms with van der Waals surface area (Å²) in [6.07, 6.45) is 11.5. The topological polar surface area (TPSA) is 60.7 Å². The predicted molar refractivity (Wildman–Crippen MR) is 112 cm³/mol. The van der Waals surface area contributed by atoms with Crippen LogP contribution in [0.5, 0.6) is 0 Å². The van der Waals surface area contributed by atoms with Crippen LogP contribution in [0.15, 0.2) is 0 Å². The Hall–Kier alpha value is -0.120. The number of hydrogen-bond donors (Lipinski definition) is 3. The molecule has 4 saturated carbocycles. The molecule has 0 aromatic rings. The van der Waals surface area contributed by atoms with Crippen LogP contribution < -0.4 is 0 Å². The van der Waals surface area contributed by atoms with Gasteiger partial charge in [0.15, 0.2) is 6.29 Å². The van der Waals surface area contributed by atoms with Crippen LogP contribution in [0.2, 0.25) is 0 Å². The zero-order chi connectivity index (χ0) is 20.3. The summed E-state index contributed by atoms with van der Waals surface area (Å²) >= 11 is 0. The van der Waals surface area contributed by atoms with Gasteiger partial charge in [-0.15, -0.1) is 0 Å². The second kappa shape index (κ2) is 7.24. The molecule has 4 aliphatic carbocycles.